The Kier molecular flexibility index (Phi) is 6.38. The topological polar surface area (TPSA) is 59.4 Å². The molecule has 0 atom stereocenters. The molecule has 1 rings (SSSR count). The van der Waals surface area contributed by atoms with Gasteiger partial charge in [0.2, 0.25) is 5.91 Å². The van der Waals surface area contributed by atoms with Crippen LogP contribution in [0.4, 0.5) is 0 Å². The van der Waals surface area contributed by atoms with Crippen LogP contribution in [0.1, 0.15) is 12.0 Å². The smallest absolute Gasteiger partial charge is 0.234 e. The molecule has 0 unspecified atom stereocenters. The lowest BCUT2D eigenvalue weighted by Gasteiger charge is -2.15. The Morgan fingerprint density at radius 3 is 3.00 bits per heavy atom. The Balaban J connectivity index is 2.19. The molecule has 0 aliphatic rings. The Labute approximate surface area is 108 Å². The molecule has 0 spiro atoms. The molecular weight excluding hydrogens is 232 g/mol. The van der Waals surface area contributed by atoms with Crippen LogP contribution in [0.2, 0.25) is 0 Å². The van der Waals surface area contributed by atoms with Crippen LogP contribution in [0.5, 0.6) is 0 Å². The van der Waals surface area contributed by atoms with Gasteiger partial charge in [0.25, 0.3) is 0 Å². The minimum absolute atomic E-state index is 0.0393. The van der Waals surface area contributed by atoms with Gasteiger partial charge in [-0.25, -0.2) is 0 Å². The van der Waals surface area contributed by atoms with Crippen molar-refractivity contribution < 1.29 is 9.53 Å². The largest absolute Gasteiger partial charge is 0.385 e. The van der Waals surface area contributed by atoms with E-state index in [1.807, 2.05) is 31.4 Å². The molecule has 0 saturated carbocycles. The van der Waals surface area contributed by atoms with E-state index in [1.165, 1.54) is 0 Å². The molecule has 6 heteroatoms. The lowest BCUT2D eigenvalue weighted by molar-refractivity contribution is -0.122. The highest BCUT2D eigenvalue weighted by atomic mass is 16.5. The van der Waals surface area contributed by atoms with Gasteiger partial charge in [0.1, 0.15) is 0 Å². The number of carbonyl (C=O) groups is 1. The molecule has 1 aromatic heterocycles. The van der Waals surface area contributed by atoms with Crippen molar-refractivity contribution in [2.24, 2.45) is 7.05 Å². The minimum atomic E-state index is 0.0393. The van der Waals surface area contributed by atoms with Crippen LogP contribution in [0, 0.1) is 0 Å². The molecule has 1 aromatic rings. The van der Waals surface area contributed by atoms with E-state index in [4.69, 9.17) is 4.74 Å². The molecule has 0 aliphatic carbocycles. The summed E-state index contributed by atoms with van der Waals surface area (Å²) >= 11 is 0. The van der Waals surface area contributed by atoms with Gasteiger partial charge in [-0.3, -0.25) is 14.4 Å². The fourth-order valence-electron chi connectivity index (χ4n) is 1.67. The molecule has 1 amide bonds. The molecule has 0 bridgehead atoms. The van der Waals surface area contributed by atoms with Crippen molar-refractivity contribution in [1.29, 1.82) is 0 Å². The van der Waals surface area contributed by atoms with Gasteiger partial charge in [-0.2, -0.15) is 5.10 Å². The van der Waals surface area contributed by atoms with Crippen molar-refractivity contribution >= 4 is 5.91 Å². The van der Waals surface area contributed by atoms with Crippen molar-refractivity contribution in [2.75, 3.05) is 33.9 Å². The molecule has 0 aromatic carbocycles. The summed E-state index contributed by atoms with van der Waals surface area (Å²) in [5.41, 5.74) is 1.10. The summed E-state index contributed by atoms with van der Waals surface area (Å²) in [5.74, 6) is 0.0393. The summed E-state index contributed by atoms with van der Waals surface area (Å²) in [6.07, 6.45) is 4.61. The molecule has 0 aliphatic heterocycles. The third-order valence-corrected chi connectivity index (χ3v) is 2.47. The number of hydrogen-bond donors (Lipinski definition) is 1. The highest BCUT2D eigenvalue weighted by Gasteiger charge is 2.07. The molecule has 0 radical (unpaired) electrons. The number of hydrogen-bond acceptors (Lipinski definition) is 4. The van der Waals surface area contributed by atoms with Crippen molar-refractivity contribution in [3.63, 3.8) is 0 Å². The molecule has 0 saturated heterocycles. The van der Waals surface area contributed by atoms with Crippen LogP contribution in [-0.4, -0.2) is 54.4 Å². The number of carbonyl (C=O) groups excluding carboxylic acids is 1. The summed E-state index contributed by atoms with van der Waals surface area (Å²) in [6, 6.07) is 0. The van der Waals surface area contributed by atoms with E-state index >= 15 is 0 Å². The third kappa shape index (κ3) is 5.79. The van der Waals surface area contributed by atoms with Gasteiger partial charge in [0.05, 0.1) is 12.7 Å². The number of nitrogens with one attached hydrogen (secondary N) is 1. The van der Waals surface area contributed by atoms with E-state index in [1.54, 1.807) is 11.8 Å². The molecule has 18 heavy (non-hydrogen) atoms. The number of likely N-dealkylation sites (N-methyl/N-ethyl adjacent to an activating group) is 1. The van der Waals surface area contributed by atoms with Crippen LogP contribution in [0.15, 0.2) is 12.4 Å². The monoisotopic (exact) mass is 254 g/mol. The summed E-state index contributed by atoms with van der Waals surface area (Å²) in [5, 5.41) is 6.95. The summed E-state index contributed by atoms with van der Waals surface area (Å²) in [7, 11) is 5.46. The van der Waals surface area contributed by atoms with Gasteiger partial charge in [0.15, 0.2) is 0 Å². The normalized spacial score (nSPS) is 10.9. The molecule has 6 nitrogen and oxygen atoms in total. The maximum Gasteiger partial charge on any atom is 0.234 e. The first-order valence-electron chi connectivity index (χ1n) is 6.03. The fourth-order valence-corrected chi connectivity index (χ4v) is 1.67. The Morgan fingerprint density at radius 1 is 1.61 bits per heavy atom. The number of aryl methyl sites for hydroxylation is 1. The fraction of sp³-hybridized carbons (Fsp3) is 0.667. The van der Waals surface area contributed by atoms with E-state index < -0.39 is 0 Å². The maximum absolute atomic E-state index is 11.6. The SMILES string of the molecule is COCCCNC(=O)CN(C)Cc1cnn(C)c1. The zero-order valence-electron chi connectivity index (χ0n) is 11.3. The van der Waals surface area contributed by atoms with Gasteiger partial charge >= 0.3 is 0 Å². The van der Waals surface area contributed by atoms with Crippen LogP contribution in [0.25, 0.3) is 0 Å². The van der Waals surface area contributed by atoms with Gasteiger partial charge in [-0.15, -0.1) is 0 Å². The first-order chi connectivity index (χ1) is 8.61. The number of amides is 1. The molecular formula is C12H22N4O2. The highest BCUT2D eigenvalue weighted by Crippen LogP contribution is 2.00. The van der Waals surface area contributed by atoms with E-state index in [0.29, 0.717) is 19.7 Å². The summed E-state index contributed by atoms with van der Waals surface area (Å²) in [6.45, 7) is 2.44. The first-order valence-corrected chi connectivity index (χ1v) is 6.03. The van der Waals surface area contributed by atoms with Gasteiger partial charge in [-0.05, 0) is 13.5 Å². The standard InChI is InChI=1S/C12H22N4O2/c1-15(8-11-7-14-16(2)9-11)10-12(17)13-5-4-6-18-3/h7,9H,4-6,8,10H2,1-3H3,(H,13,17). The predicted octanol–water partition coefficient (Wildman–Crippen LogP) is 0.00460. The van der Waals surface area contributed by atoms with Crippen LogP contribution in [-0.2, 0) is 23.1 Å². The zero-order valence-corrected chi connectivity index (χ0v) is 11.3. The quantitative estimate of drug-likeness (QED) is 0.664. The average Bonchev–Trinajstić information content (AvgIpc) is 2.70. The number of aromatic nitrogens is 2. The van der Waals surface area contributed by atoms with Gasteiger partial charge in [0, 0.05) is 45.6 Å². The lowest BCUT2D eigenvalue weighted by Crippen LogP contribution is -2.35. The average molecular weight is 254 g/mol. The molecule has 102 valence electrons. The van der Waals surface area contributed by atoms with Crippen molar-refractivity contribution in [1.82, 2.24) is 20.0 Å². The minimum Gasteiger partial charge on any atom is -0.385 e. The van der Waals surface area contributed by atoms with E-state index in [0.717, 1.165) is 18.5 Å². The second-order valence-electron chi connectivity index (χ2n) is 4.39. The predicted molar refractivity (Wildman–Crippen MR) is 69.0 cm³/mol. The maximum atomic E-state index is 11.6. The van der Waals surface area contributed by atoms with Crippen LogP contribution >= 0.6 is 0 Å². The highest BCUT2D eigenvalue weighted by molar-refractivity contribution is 5.77. The van der Waals surface area contributed by atoms with Crippen molar-refractivity contribution in [3.8, 4) is 0 Å². The molecule has 1 heterocycles. The van der Waals surface area contributed by atoms with E-state index in [2.05, 4.69) is 10.4 Å². The summed E-state index contributed by atoms with van der Waals surface area (Å²) < 4.78 is 6.67. The first kappa shape index (κ1) is 14.7. The number of methoxy groups -OCH3 is 1. The third-order valence-electron chi connectivity index (χ3n) is 2.47. The second-order valence-corrected chi connectivity index (χ2v) is 4.39. The number of rotatable bonds is 8. The van der Waals surface area contributed by atoms with Crippen LogP contribution < -0.4 is 5.32 Å². The summed E-state index contributed by atoms with van der Waals surface area (Å²) in [4.78, 5) is 13.6. The Bertz CT molecular complexity index is 365. The van der Waals surface area contributed by atoms with Gasteiger partial charge < -0.3 is 10.1 Å². The number of nitrogens with zero attached hydrogens (tertiary/aromatic N) is 3. The van der Waals surface area contributed by atoms with E-state index in [9.17, 15) is 4.79 Å². The molecule has 1 N–H and O–H groups in total. The Hall–Kier alpha value is -1.40. The molecule has 0 fully saturated rings. The zero-order chi connectivity index (χ0) is 13.4. The lowest BCUT2D eigenvalue weighted by atomic mass is 10.3. The second kappa shape index (κ2) is 7.84. The van der Waals surface area contributed by atoms with E-state index in [-0.39, 0.29) is 5.91 Å². The van der Waals surface area contributed by atoms with Crippen LogP contribution in [0.3, 0.4) is 0 Å². The Morgan fingerprint density at radius 2 is 2.39 bits per heavy atom. The van der Waals surface area contributed by atoms with Crippen molar-refractivity contribution in [3.05, 3.63) is 18.0 Å². The van der Waals surface area contributed by atoms with Gasteiger partial charge in [-0.1, -0.05) is 0 Å². The van der Waals surface area contributed by atoms with Crippen molar-refractivity contribution in [2.45, 2.75) is 13.0 Å². The number of ether oxygens (including phenoxy) is 1.